The van der Waals surface area contributed by atoms with Crippen molar-refractivity contribution < 1.29 is 23.7 Å². The van der Waals surface area contributed by atoms with Gasteiger partial charge >= 0.3 is 0 Å². The summed E-state index contributed by atoms with van der Waals surface area (Å²) in [7, 11) is 6.35. The number of amides is 1. The van der Waals surface area contributed by atoms with Gasteiger partial charge in [-0.1, -0.05) is 12.1 Å². The molecule has 2 heterocycles. The largest absolute Gasteiger partial charge is 0.497 e. The lowest BCUT2D eigenvalue weighted by molar-refractivity contribution is -0.125. The lowest BCUT2D eigenvalue weighted by atomic mass is 9.97. The standard InChI is InChI=1S/C28H35N5O5/c1-35-22-9-7-19(8-10-22)11-13-29-27(34)20-6-5-15-33(18-20)25-12-14-30-28(32-25)31-21-16-23(36-2)26(38-4)24(17-21)37-3/h7-10,12,14,16-17,20H,5-6,11,13,15,18H2,1-4H3,(H,29,34)(H,30,31,32)/t20-/m0/s1. The molecule has 0 saturated carbocycles. The van der Waals surface area contributed by atoms with Gasteiger partial charge < -0.3 is 34.5 Å². The quantitative estimate of drug-likeness (QED) is 0.389. The highest BCUT2D eigenvalue weighted by molar-refractivity contribution is 5.79. The summed E-state index contributed by atoms with van der Waals surface area (Å²) in [6.45, 7) is 2.03. The van der Waals surface area contributed by atoms with Gasteiger partial charge in [-0.15, -0.1) is 0 Å². The Morgan fingerprint density at radius 1 is 1.00 bits per heavy atom. The van der Waals surface area contributed by atoms with Gasteiger partial charge in [-0.25, -0.2) is 4.98 Å². The number of hydrogen-bond donors (Lipinski definition) is 2. The average molecular weight is 522 g/mol. The second-order valence-electron chi connectivity index (χ2n) is 8.95. The van der Waals surface area contributed by atoms with Crippen LogP contribution in [0.5, 0.6) is 23.0 Å². The Balaban J connectivity index is 1.36. The third-order valence-corrected chi connectivity index (χ3v) is 6.55. The van der Waals surface area contributed by atoms with Crippen molar-refractivity contribution in [1.29, 1.82) is 0 Å². The molecule has 38 heavy (non-hydrogen) atoms. The van der Waals surface area contributed by atoms with Crippen molar-refractivity contribution >= 4 is 23.4 Å². The first-order valence-electron chi connectivity index (χ1n) is 12.6. The van der Waals surface area contributed by atoms with Crippen molar-refractivity contribution in [2.24, 2.45) is 5.92 Å². The van der Waals surface area contributed by atoms with Crippen LogP contribution in [0.4, 0.5) is 17.5 Å². The number of carbonyl (C=O) groups excluding carboxylic acids is 1. The van der Waals surface area contributed by atoms with Crippen molar-refractivity contribution in [3.63, 3.8) is 0 Å². The molecule has 0 radical (unpaired) electrons. The predicted molar refractivity (Wildman–Crippen MR) is 146 cm³/mol. The van der Waals surface area contributed by atoms with Crippen LogP contribution in [0.2, 0.25) is 0 Å². The van der Waals surface area contributed by atoms with Crippen LogP contribution >= 0.6 is 0 Å². The Hall–Kier alpha value is -4.21. The van der Waals surface area contributed by atoms with Gasteiger partial charge in [0, 0.05) is 43.7 Å². The van der Waals surface area contributed by atoms with Crippen molar-refractivity contribution in [3.05, 3.63) is 54.2 Å². The van der Waals surface area contributed by atoms with Crippen LogP contribution in [-0.2, 0) is 11.2 Å². The van der Waals surface area contributed by atoms with Crippen molar-refractivity contribution in [1.82, 2.24) is 15.3 Å². The van der Waals surface area contributed by atoms with Crippen LogP contribution in [0.15, 0.2) is 48.7 Å². The van der Waals surface area contributed by atoms with Crippen LogP contribution in [-0.4, -0.2) is 63.9 Å². The monoisotopic (exact) mass is 521 g/mol. The molecule has 0 unspecified atom stereocenters. The molecule has 1 aliphatic heterocycles. The number of carbonyl (C=O) groups is 1. The number of rotatable bonds is 11. The Morgan fingerprint density at radius 2 is 1.74 bits per heavy atom. The molecular weight excluding hydrogens is 486 g/mol. The number of aromatic nitrogens is 2. The number of benzene rings is 2. The van der Waals surface area contributed by atoms with Gasteiger partial charge in [0.05, 0.1) is 34.4 Å². The molecular formula is C28H35N5O5. The Kier molecular flexibility index (Phi) is 9.07. The first-order valence-corrected chi connectivity index (χ1v) is 12.6. The zero-order chi connectivity index (χ0) is 26.9. The minimum Gasteiger partial charge on any atom is -0.497 e. The van der Waals surface area contributed by atoms with Crippen molar-refractivity contribution in [3.8, 4) is 23.0 Å². The summed E-state index contributed by atoms with van der Waals surface area (Å²) in [6.07, 6.45) is 4.25. The molecule has 10 nitrogen and oxygen atoms in total. The number of ether oxygens (including phenoxy) is 4. The lowest BCUT2D eigenvalue weighted by Crippen LogP contribution is -2.43. The second-order valence-corrected chi connectivity index (χ2v) is 8.95. The predicted octanol–water partition coefficient (Wildman–Crippen LogP) is 3.83. The lowest BCUT2D eigenvalue weighted by Gasteiger charge is -2.33. The summed E-state index contributed by atoms with van der Waals surface area (Å²) in [5.74, 6) is 3.58. The zero-order valence-electron chi connectivity index (χ0n) is 22.3. The summed E-state index contributed by atoms with van der Waals surface area (Å²) >= 11 is 0. The number of methoxy groups -OCH3 is 4. The average Bonchev–Trinajstić information content (AvgIpc) is 2.97. The Labute approximate surface area is 223 Å². The van der Waals surface area contributed by atoms with E-state index in [0.29, 0.717) is 42.0 Å². The maximum atomic E-state index is 12.9. The summed E-state index contributed by atoms with van der Waals surface area (Å²) in [6, 6.07) is 13.4. The molecule has 1 fully saturated rings. The molecule has 1 amide bonds. The van der Waals surface area contributed by atoms with Crippen LogP contribution in [0.25, 0.3) is 0 Å². The molecule has 202 valence electrons. The summed E-state index contributed by atoms with van der Waals surface area (Å²) in [5, 5.41) is 6.32. The topological polar surface area (TPSA) is 107 Å². The van der Waals surface area contributed by atoms with E-state index in [1.165, 1.54) is 0 Å². The summed E-state index contributed by atoms with van der Waals surface area (Å²) in [5.41, 5.74) is 1.86. The third kappa shape index (κ3) is 6.56. The van der Waals surface area contributed by atoms with Crippen molar-refractivity contribution in [2.75, 3.05) is 58.3 Å². The minimum atomic E-state index is -0.0962. The van der Waals surface area contributed by atoms with E-state index in [1.54, 1.807) is 46.8 Å². The number of hydrogen-bond acceptors (Lipinski definition) is 9. The normalized spacial score (nSPS) is 14.9. The van der Waals surface area contributed by atoms with Gasteiger partial charge in [0.25, 0.3) is 0 Å². The Morgan fingerprint density at radius 3 is 2.39 bits per heavy atom. The summed E-state index contributed by atoms with van der Waals surface area (Å²) in [4.78, 5) is 24.1. The van der Waals surface area contributed by atoms with E-state index >= 15 is 0 Å². The number of nitrogens with one attached hydrogen (secondary N) is 2. The molecule has 3 aromatic rings. The molecule has 1 aliphatic rings. The van der Waals surface area contributed by atoms with Gasteiger partial charge in [-0.05, 0) is 43.0 Å². The maximum absolute atomic E-state index is 12.9. The molecule has 0 aliphatic carbocycles. The molecule has 0 spiro atoms. The van der Waals surface area contributed by atoms with Gasteiger partial charge in [-0.2, -0.15) is 4.98 Å². The molecule has 2 aromatic carbocycles. The highest BCUT2D eigenvalue weighted by Crippen LogP contribution is 2.40. The molecule has 4 rings (SSSR count). The van der Waals surface area contributed by atoms with Crippen molar-refractivity contribution in [2.45, 2.75) is 19.3 Å². The van der Waals surface area contributed by atoms with E-state index in [9.17, 15) is 4.79 Å². The SMILES string of the molecule is COc1ccc(CCNC(=O)[C@H]2CCCN(c3ccnc(Nc4cc(OC)c(OC)c(OC)c4)n3)C2)cc1. The maximum Gasteiger partial charge on any atom is 0.229 e. The molecule has 1 saturated heterocycles. The molecule has 2 N–H and O–H groups in total. The number of nitrogens with zero attached hydrogens (tertiary/aromatic N) is 3. The van der Waals surface area contributed by atoms with E-state index in [2.05, 4.69) is 20.5 Å². The molecule has 1 atom stereocenters. The van der Waals surface area contributed by atoms with Gasteiger partial charge in [0.1, 0.15) is 11.6 Å². The highest BCUT2D eigenvalue weighted by Gasteiger charge is 2.26. The van der Waals surface area contributed by atoms with Gasteiger partial charge in [0.2, 0.25) is 17.6 Å². The van der Waals surface area contributed by atoms with Crippen LogP contribution in [0.1, 0.15) is 18.4 Å². The fraction of sp³-hybridized carbons (Fsp3) is 0.393. The first-order chi connectivity index (χ1) is 18.5. The molecule has 10 heteroatoms. The smallest absolute Gasteiger partial charge is 0.229 e. The summed E-state index contributed by atoms with van der Waals surface area (Å²) < 4.78 is 21.5. The Bertz CT molecular complexity index is 1200. The van der Waals surface area contributed by atoms with Crippen LogP contribution in [0, 0.1) is 5.92 Å². The number of piperidine rings is 1. The van der Waals surface area contributed by atoms with E-state index in [-0.39, 0.29) is 11.8 Å². The number of anilines is 3. The zero-order valence-corrected chi connectivity index (χ0v) is 22.3. The molecule has 1 aromatic heterocycles. The van der Waals surface area contributed by atoms with Gasteiger partial charge in [-0.3, -0.25) is 4.79 Å². The fourth-order valence-corrected chi connectivity index (χ4v) is 4.53. The van der Waals surface area contributed by atoms with E-state index in [0.717, 1.165) is 42.9 Å². The second kappa shape index (κ2) is 12.8. The molecule has 0 bridgehead atoms. The third-order valence-electron chi connectivity index (χ3n) is 6.55. The van der Waals surface area contributed by atoms with E-state index in [1.807, 2.05) is 30.3 Å². The van der Waals surface area contributed by atoms with Crippen LogP contribution in [0.3, 0.4) is 0 Å². The van der Waals surface area contributed by atoms with Gasteiger partial charge in [0.15, 0.2) is 11.5 Å². The van der Waals surface area contributed by atoms with E-state index in [4.69, 9.17) is 23.9 Å². The highest BCUT2D eigenvalue weighted by atomic mass is 16.5. The minimum absolute atomic E-state index is 0.0769. The first kappa shape index (κ1) is 26.8. The van der Waals surface area contributed by atoms with Crippen LogP contribution < -0.4 is 34.5 Å². The fourth-order valence-electron chi connectivity index (χ4n) is 4.53. The van der Waals surface area contributed by atoms with E-state index < -0.39 is 0 Å².